The number of hydrogen-bond acceptors (Lipinski definition) is 10. The van der Waals surface area contributed by atoms with Gasteiger partial charge in [0.2, 0.25) is 16.9 Å². The van der Waals surface area contributed by atoms with E-state index in [9.17, 15) is 19.2 Å². The summed E-state index contributed by atoms with van der Waals surface area (Å²) in [4.78, 5) is 45.5. The van der Waals surface area contributed by atoms with Gasteiger partial charge in [0.05, 0.1) is 11.7 Å². The number of carbonyl (C=O) groups excluding carboxylic acids is 4. The Labute approximate surface area is 252 Å². The fraction of sp³-hybridized carbons (Fsp3) is 0.778. The van der Waals surface area contributed by atoms with Crippen molar-refractivity contribution in [3.8, 4) is 12.3 Å². The number of rotatable bonds is 21. The highest BCUT2D eigenvalue weighted by Gasteiger charge is 2.38. The van der Waals surface area contributed by atoms with Crippen LogP contribution in [-0.4, -0.2) is 62.3 Å². The van der Waals surface area contributed by atoms with E-state index < -0.39 is 16.9 Å². The number of carbonyl (C=O) groups is 4. The molecular weight excluding hydrogens is 571 g/mol. The van der Waals surface area contributed by atoms with Crippen molar-refractivity contribution in [3.05, 3.63) is 0 Å². The SMILES string of the molecule is C#CCCC(=O)NC(N)(N)SSCCC(=O)NCCCCCCC.CCCCCCCSC1CC(=O)N(O)C1=O. The molecule has 230 valence electrons. The molecule has 1 saturated heterocycles. The number of nitrogens with zero attached hydrogens (tertiary/aromatic N) is 1. The second-order valence-electron chi connectivity index (χ2n) is 9.49. The first-order valence-electron chi connectivity index (χ1n) is 14.1. The molecule has 0 spiro atoms. The lowest BCUT2D eigenvalue weighted by Gasteiger charge is -2.24. The average Bonchev–Trinajstić information content (AvgIpc) is 3.16. The summed E-state index contributed by atoms with van der Waals surface area (Å²) in [6.07, 6.45) is 18.0. The molecule has 0 saturated carbocycles. The van der Waals surface area contributed by atoms with Crippen molar-refractivity contribution in [1.29, 1.82) is 0 Å². The molecular formula is C27H49N5O5S3. The molecule has 1 rings (SSSR count). The van der Waals surface area contributed by atoms with Gasteiger partial charge in [-0.1, -0.05) is 76.0 Å². The number of hydrogen-bond donors (Lipinski definition) is 5. The third-order valence-electron chi connectivity index (χ3n) is 5.69. The first-order chi connectivity index (χ1) is 19.1. The van der Waals surface area contributed by atoms with Crippen molar-refractivity contribution in [2.75, 3.05) is 18.1 Å². The minimum Gasteiger partial charge on any atom is -0.356 e. The molecule has 4 amide bonds. The predicted molar refractivity (Wildman–Crippen MR) is 167 cm³/mol. The smallest absolute Gasteiger partial charge is 0.266 e. The summed E-state index contributed by atoms with van der Waals surface area (Å²) in [6, 6.07) is 0. The van der Waals surface area contributed by atoms with E-state index in [1.165, 1.54) is 67.5 Å². The van der Waals surface area contributed by atoms with Gasteiger partial charge in [0, 0.05) is 31.6 Å². The molecule has 1 unspecified atom stereocenters. The molecule has 1 atom stereocenters. The molecule has 13 heteroatoms. The average molecular weight is 620 g/mol. The third-order valence-corrected chi connectivity index (χ3v) is 9.53. The number of terminal acetylenes is 1. The second-order valence-corrected chi connectivity index (χ2v) is 13.5. The Morgan fingerprint density at radius 3 is 2.20 bits per heavy atom. The highest BCUT2D eigenvalue weighted by molar-refractivity contribution is 8.77. The van der Waals surface area contributed by atoms with Crippen molar-refractivity contribution in [3.63, 3.8) is 0 Å². The van der Waals surface area contributed by atoms with Gasteiger partial charge in [0.15, 0.2) is 0 Å². The van der Waals surface area contributed by atoms with Crippen LogP contribution < -0.4 is 22.1 Å². The number of hydroxylamine groups is 2. The van der Waals surface area contributed by atoms with Crippen molar-refractivity contribution in [2.24, 2.45) is 11.5 Å². The normalized spacial score (nSPS) is 14.9. The number of unbranched alkanes of at least 4 members (excludes halogenated alkanes) is 8. The first kappa shape index (κ1) is 38.6. The molecule has 1 aliphatic heterocycles. The van der Waals surface area contributed by atoms with E-state index in [0.29, 0.717) is 18.6 Å². The standard InChI is InChI=1S/C16H30N4O2S2.C11H19NO3S/c1-3-5-7-8-9-12-19-14(21)11-13-23-24-16(17,18)20-15(22)10-6-4-2;1-2-3-4-5-6-7-16-9-8-10(13)12(15)11(9)14/h2H,3,5-13,17-18H2,1H3,(H,19,21)(H,20,22);9,15H,2-8H2,1H3. The minimum absolute atomic E-state index is 0.0243. The first-order valence-corrected chi connectivity index (χ1v) is 17.5. The summed E-state index contributed by atoms with van der Waals surface area (Å²) < 4.78 is 0. The van der Waals surface area contributed by atoms with E-state index in [4.69, 9.17) is 23.1 Å². The number of amides is 4. The third kappa shape index (κ3) is 20.4. The van der Waals surface area contributed by atoms with Crippen molar-refractivity contribution >= 4 is 57.0 Å². The number of nitrogens with two attached hydrogens (primary N) is 2. The van der Waals surface area contributed by atoms with Gasteiger partial charge in [-0.05, 0) is 29.4 Å². The largest absolute Gasteiger partial charge is 0.356 e. The summed E-state index contributed by atoms with van der Waals surface area (Å²) >= 11 is 1.49. The summed E-state index contributed by atoms with van der Waals surface area (Å²) in [5.41, 5.74) is 11.6. The van der Waals surface area contributed by atoms with Crippen molar-refractivity contribution < 1.29 is 24.4 Å². The molecule has 7 N–H and O–H groups in total. The Kier molecular flexibility index (Phi) is 23.3. The molecule has 0 aromatic carbocycles. The Morgan fingerprint density at radius 1 is 1.00 bits per heavy atom. The predicted octanol–water partition coefficient (Wildman–Crippen LogP) is 4.11. The quantitative estimate of drug-likeness (QED) is 0.0315. The lowest BCUT2D eigenvalue weighted by atomic mass is 10.1. The Hall–Kier alpha value is -1.43. The maximum Gasteiger partial charge on any atom is 0.266 e. The van der Waals surface area contributed by atoms with Gasteiger partial charge in [-0.3, -0.25) is 35.9 Å². The molecule has 0 bridgehead atoms. The van der Waals surface area contributed by atoms with Gasteiger partial charge in [0.1, 0.15) is 0 Å². The van der Waals surface area contributed by atoms with Crippen molar-refractivity contribution in [1.82, 2.24) is 15.7 Å². The Morgan fingerprint density at radius 2 is 1.62 bits per heavy atom. The fourth-order valence-corrected chi connectivity index (χ4v) is 6.53. The van der Waals surface area contributed by atoms with E-state index in [1.54, 1.807) is 0 Å². The molecule has 0 aromatic heterocycles. The maximum absolute atomic E-state index is 11.7. The lowest BCUT2D eigenvalue weighted by Crippen LogP contribution is -2.59. The molecule has 1 heterocycles. The minimum atomic E-state index is -1.37. The lowest BCUT2D eigenvalue weighted by molar-refractivity contribution is -0.170. The van der Waals surface area contributed by atoms with Gasteiger partial charge < -0.3 is 10.6 Å². The van der Waals surface area contributed by atoms with Crippen LogP contribution >= 0.6 is 33.3 Å². The summed E-state index contributed by atoms with van der Waals surface area (Å²) in [5.74, 6) is 2.65. The van der Waals surface area contributed by atoms with Crippen molar-refractivity contribution in [2.45, 2.75) is 114 Å². The monoisotopic (exact) mass is 619 g/mol. The van der Waals surface area contributed by atoms with Crippen LogP contribution in [0.4, 0.5) is 0 Å². The zero-order chi connectivity index (χ0) is 30.2. The van der Waals surface area contributed by atoms with E-state index in [1.807, 2.05) is 0 Å². The van der Waals surface area contributed by atoms with Gasteiger partial charge in [-0.2, -0.15) is 5.06 Å². The molecule has 1 fully saturated rings. The van der Waals surface area contributed by atoms with Gasteiger partial charge >= 0.3 is 0 Å². The van der Waals surface area contributed by atoms with Crippen LogP contribution in [0.1, 0.15) is 104 Å². The molecule has 0 aromatic rings. The van der Waals surface area contributed by atoms with Gasteiger partial charge in [-0.25, -0.2) is 0 Å². The summed E-state index contributed by atoms with van der Waals surface area (Å²) in [7, 11) is 2.48. The van der Waals surface area contributed by atoms with Crippen LogP contribution in [0.3, 0.4) is 0 Å². The van der Waals surface area contributed by atoms with E-state index >= 15 is 0 Å². The molecule has 0 aliphatic carbocycles. The van der Waals surface area contributed by atoms with Crippen LogP contribution in [0, 0.1) is 12.3 Å². The number of thioether (sulfide) groups is 1. The Bertz CT molecular complexity index is 795. The van der Waals surface area contributed by atoms with Gasteiger partial charge in [-0.15, -0.1) is 24.1 Å². The van der Waals surface area contributed by atoms with E-state index in [0.717, 1.165) is 42.4 Å². The van der Waals surface area contributed by atoms with Crippen LogP contribution in [0.25, 0.3) is 0 Å². The summed E-state index contributed by atoms with van der Waals surface area (Å²) in [6.45, 7) is 5.08. The maximum atomic E-state index is 11.7. The number of nitrogens with one attached hydrogen (secondary N) is 2. The fourth-order valence-electron chi connectivity index (χ4n) is 3.46. The zero-order valence-electron chi connectivity index (χ0n) is 24.1. The molecule has 10 nitrogen and oxygen atoms in total. The second kappa shape index (κ2) is 24.2. The van der Waals surface area contributed by atoms with Gasteiger partial charge in [0.25, 0.3) is 11.8 Å². The van der Waals surface area contributed by atoms with E-state index in [2.05, 4.69) is 30.4 Å². The molecule has 0 radical (unpaired) electrons. The highest BCUT2D eigenvalue weighted by Crippen LogP contribution is 2.28. The van der Waals surface area contributed by atoms with Crippen LogP contribution in [0.15, 0.2) is 0 Å². The van der Waals surface area contributed by atoms with Crippen LogP contribution in [0.2, 0.25) is 0 Å². The topological polar surface area (TPSA) is 168 Å². The van der Waals surface area contributed by atoms with E-state index in [-0.39, 0.29) is 35.0 Å². The zero-order valence-corrected chi connectivity index (χ0v) is 26.5. The van der Waals surface area contributed by atoms with Crippen LogP contribution in [0.5, 0.6) is 0 Å². The Balaban J connectivity index is 0.000000821. The molecule has 1 aliphatic rings. The summed E-state index contributed by atoms with van der Waals surface area (Å²) in [5, 5.41) is 13.0. The van der Waals surface area contributed by atoms with Crippen LogP contribution in [-0.2, 0) is 19.2 Å². The number of imide groups is 1. The molecule has 40 heavy (non-hydrogen) atoms. The highest BCUT2D eigenvalue weighted by atomic mass is 33.1.